The second-order valence-electron chi connectivity index (χ2n) is 7.21. The Bertz CT molecular complexity index is 1080. The minimum absolute atomic E-state index is 0.139. The van der Waals surface area contributed by atoms with Crippen molar-refractivity contribution in [2.75, 3.05) is 13.7 Å². The molecule has 1 aliphatic heterocycles. The van der Waals surface area contributed by atoms with E-state index >= 15 is 0 Å². The van der Waals surface area contributed by atoms with Crippen molar-refractivity contribution < 1.29 is 14.6 Å². The predicted octanol–water partition coefficient (Wildman–Crippen LogP) is 5.43. The van der Waals surface area contributed by atoms with Crippen molar-refractivity contribution in [1.29, 1.82) is 0 Å². The van der Waals surface area contributed by atoms with E-state index in [4.69, 9.17) is 21.1 Å². The van der Waals surface area contributed by atoms with Gasteiger partial charge in [-0.1, -0.05) is 48.0 Å². The van der Waals surface area contributed by atoms with Crippen LogP contribution in [0.5, 0.6) is 17.2 Å². The second-order valence-corrected chi connectivity index (χ2v) is 7.65. The van der Waals surface area contributed by atoms with Crippen molar-refractivity contribution in [3.63, 3.8) is 0 Å². The van der Waals surface area contributed by atoms with Crippen LogP contribution in [0.2, 0.25) is 5.02 Å². The van der Waals surface area contributed by atoms with Gasteiger partial charge in [0.05, 0.1) is 19.8 Å². The fourth-order valence-corrected chi connectivity index (χ4v) is 3.81. The number of para-hydroxylation sites is 1. The smallest absolute Gasteiger partial charge is 0.162 e. The highest BCUT2D eigenvalue weighted by Crippen LogP contribution is 2.38. The number of nitrogens with one attached hydrogen (secondary N) is 2. The molecule has 0 amide bonds. The van der Waals surface area contributed by atoms with Crippen molar-refractivity contribution in [2.24, 2.45) is 0 Å². The Morgan fingerprint density at radius 3 is 2.55 bits per heavy atom. The number of phenols is 1. The number of aromatic hydroxyl groups is 1. The maximum Gasteiger partial charge on any atom is 0.162 e. The lowest BCUT2D eigenvalue weighted by atomic mass is 9.97. The van der Waals surface area contributed by atoms with E-state index in [-0.39, 0.29) is 18.0 Å². The Labute approximate surface area is 187 Å². The van der Waals surface area contributed by atoms with E-state index in [0.717, 1.165) is 28.1 Å². The molecule has 3 aromatic rings. The van der Waals surface area contributed by atoms with Gasteiger partial charge < -0.3 is 19.9 Å². The molecule has 5 nitrogen and oxygen atoms in total. The van der Waals surface area contributed by atoms with E-state index < -0.39 is 0 Å². The highest BCUT2D eigenvalue weighted by molar-refractivity contribution is 6.30. The van der Waals surface area contributed by atoms with Crippen LogP contribution < -0.4 is 20.1 Å². The third-order valence-electron chi connectivity index (χ3n) is 5.23. The maximum absolute atomic E-state index is 10.9. The van der Waals surface area contributed by atoms with E-state index in [2.05, 4.69) is 16.7 Å². The Morgan fingerprint density at radius 2 is 1.81 bits per heavy atom. The Morgan fingerprint density at radius 1 is 1.03 bits per heavy atom. The standard InChI is InChI=1S/C25H25ClN2O3/c1-3-31-23-9-5-8-20(24(23)29)22-15-21(17-6-4-7-19(14-17)30-2)27-25(28-22)16-10-12-18(26)13-11-16/h4-15,22,25,27-29H,3H2,1-2H3. The average molecular weight is 437 g/mol. The molecule has 4 rings (SSSR count). The minimum Gasteiger partial charge on any atom is -0.504 e. The molecular formula is C25H25ClN2O3. The summed E-state index contributed by atoms with van der Waals surface area (Å²) in [4.78, 5) is 0. The number of phenolic OH excluding ortho intramolecular Hbond substituents is 1. The molecule has 3 aromatic carbocycles. The first-order valence-electron chi connectivity index (χ1n) is 10.2. The molecule has 0 saturated carbocycles. The zero-order valence-electron chi connectivity index (χ0n) is 17.4. The van der Waals surface area contributed by atoms with Gasteiger partial charge in [0.15, 0.2) is 11.5 Å². The molecule has 3 N–H and O–H groups in total. The van der Waals surface area contributed by atoms with Gasteiger partial charge in [0, 0.05) is 21.8 Å². The summed E-state index contributed by atoms with van der Waals surface area (Å²) in [5.41, 5.74) is 3.70. The van der Waals surface area contributed by atoms with Crippen LogP contribution in [-0.4, -0.2) is 18.8 Å². The van der Waals surface area contributed by atoms with E-state index in [9.17, 15) is 5.11 Å². The number of ether oxygens (including phenoxy) is 2. The summed E-state index contributed by atoms with van der Waals surface area (Å²) in [6.07, 6.45) is 1.87. The number of methoxy groups -OCH3 is 1. The van der Waals surface area contributed by atoms with Crippen molar-refractivity contribution in [1.82, 2.24) is 10.6 Å². The topological polar surface area (TPSA) is 62.8 Å². The first-order valence-corrected chi connectivity index (χ1v) is 10.6. The fraction of sp³-hybridized carbons (Fsp3) is 0.200. The van der Waals surface area contributed by atoms with Crippen LogP contribution >= 0.6 is 11.6 Å². The second kappa shape index (κ2) is 9.33. The summed E-state index contributed by atoms with van der Waals surface area (Å²) in [7, 11) is 1.65. The van der Waals surface area contributed by atoms with Crippen molar-refractivity contribution in [3.8, 4) is 17.2 Å². The molecule has 0 fully saturated rings. The summed E-state index contributed by atoms with van der Waals surface area (Å²) in [5.74, 6) is 1.39. The minimum atomic E-state index is -0.247. The van der Waals surface area contributed by atoms with Gasteiger partial charge in [-0.15, -0.1) is 0 Å². The summed E-state index contributed by atoms with van der Waals surface area (Å²) in [5, 5.41) is 18.7. The monoisotopic (exact) mass is 436 g/mol. The van der Waals surface area contributed by atoms with Gasteiger partial charge >= 0.3 is 0 Å². The molecule has 0 aliphatic carbocycles. The largest absolute Gasteiger partial charge is 0.504 e. The third-order valence-corrected chi connectivity index (χ3v) is 5.48. The first-order chi connectivity index (χ1) is 15.1. The van der Waals surface area contributed by atoms with Crippen LogP contribution in [0.15, 0.2) is 72.8 Å². The maximum atomic E-state index is 10.9. The third kappa shape index (κ3) is 4.63. The highest BCUT2D eigenvalue weighted by atomic mass is 35.5. The molecule has 6 heteroatoms. The SMILES string of the molecule is CCOc1cccc(C2C=C(c3cccc(OC)c3)NC(c3ccc(Cl)cc3)N2)c1O. The summed E-state index contributed by atoms with van der Waals surface area (Å²) in [6.45, 7) is 2.38. The molecule has 1 heterocycles. The lowest BCUT2D eigenvalue weighted by molar-refractivity contribution is 0.314. The zero-order chi connectivity index (χ0) is 21.8. The Balaban J connectivity index is 1.77. The molecule has 1 aliphatic rings. The molecular weight excluding hydrogens is 412 g/mol. The summed E-state index contributed by atoms with van der Waals surface area (Å²) in [6, 6.07) is 20.9. The number of hydrogen-bond acceptors (Lipinski definition) is 5. The van der Waals surface area contributed by atoms with Crippen molar-refractivity contribution in [2.45, 2.75) is 19.1 Å². The molecule has 2 atom stereocenters. The molecule has 0 saturated heterocycles. The van der Waals surface area contributed by atoms with E-state index in [1.807, 2.05) is 67.6 Å². The molecule has 0 aromatic heterocycles. The van der Waals surface area contributed by atoms with Crippen LogP contribution in [0.3, 0.4) is 0 Å². The number of halogens is 1. The summed E-state index contributed by atoms with van der Waals surface area (Å²) >= 11 is 6.09. The van der Waals surface area contributed by atoms with E-state index in [1.54, 1.807) is 13.2 Å². The van der Waals surface area contributed by atoms with Gasteiger partial charge in [0.2, 0.25) is 0 Å². The number of benzene rings is 3. The van der Waals surface area contributed by atoms with Crippen LogP contribution in [0, 0.1) is 0 Å². The molecule has 2 unspecified atom stereocenters. The number of rotatable bonds is 6. The van der Waals surface area contributed by atoms with Crippen molar-refractivity contribution >= 4 is 17.3 Å². The van der Waals surface area contributed by atoms with Gasteiger partial charge in [0.25, 0.3) is 0 Å². The van der Waals surface area contributed by atoms with Crippen LogP contribution in [0.1, 0.15) is 35.8 Å². The predicted molar refractivity (Wildman–Crippen MR) is 123 cm³/mol. The average Bonchev–Trinajstić information content (AvgIpc) is 2.81. The quantitative estimate of drug-likeness (QED) is 0.481. The first kappa shape index (κ1) is 21.1. The van der Waals surface area contributed by atoms with E-state index in [0.29, 0.717) is 17.4 Å². The highest BCUT2D eigenvalue weighted by Gasteiger charge is 2.26. The van der Waals surface area contributed by atoms with Gasteiger partial charge in [0.1, 0.15) is 11.9 Å². The fourth-order valence-electron chi connectivity index (χ4n) is 3.69. The molecule has 0 radical (unpaired) electrons. The van der Waals surface area contributed by atoms with Crippen LogP contribution in [-0.2, 0) is 0 Å². The van der Waals surface area contributed by atoms with Gasteiger partial charge in [-0.3, -0.25) is 5.32 Å². The van der Waals surface area contributed by atoms with E-state index in [1.165, 1.54) is 0 Å². The lowest BCUT2D eigenvalue weighted by Gasteiger charge is -2.33. The number of hydrogen-bond donors (Lipinski definition) is 3. The normalized spacial score (nSPS) is 18.1. The molecule has 0 spiro atoms. The molecule has 160 valence electrons. The van der Waals surface area contributed by atoms with Gasteiger partial charge in [-0.25, -0.2) is 0 Å². The lowest BCUT2D eigenvalue weighted by Crippen LogP contribution is -2.39. The van der Waals surface area contributed by atoms with Crippen LogP contribution in [0.25, 0.3) is 5.70 Å². The molecule has 31 heavy (non-hydrogen) atoms. The Hall–Kier alpha value is -3.15. The van der Waals surface area contributed by atoms with Crippen LogP contribution in [0.4, 0.5) is 0 Å². The zero-order valence-corrected chi connectivity index (χ0v) is 18.2. The van der Waals surface area contributed by atoms with Gasteiger partial charge in [-0.2, -0.15) is 0 Å². The van der Waals surface area contributed by atoms with Crippen molar-refractivity contribution in [3.05, 3.63) is 94.5 Å². The van der Waals surface area contributed by atoms with Gasteiger partial charge in [-0.05, 0) is 48.9 Å². The molecule has 0 bridgehead atoms. The summed E-state index contributed by atoms with van der Waals surface area (Å²) < 4.78 is 11.0. The Kier molecular flexibility index (Phi) is 6.35.